The molecule has 0 aliphatic rings. The highest BCUT2D eigenvalue weighted by atomic mass is 35.5. The molecule has 1 N–H and O–H groups in total. The summed E-state index contributed by atoms with van der Waals surface area (Å²) in [7, 11) is 1.69. The highest BCUT2D eigenvalue weighted by Crippen LogP contribution is 2.34. The molecule has 28 heavy (non-hydrogen) atoms. The maximum absolute atomic E-state index is 5.87. The van der Waals surface area contributed by atoms with E-state index >= 15 is 0 Å². The minimum absolute atomic E-state index is 0. The summed E-state index contributed by atoms with van der Waals surface area (Å²) in [5, 5.41) is 5.88. The molecule has 0 aliphatic heterocycles. The van der Waals surface area contributed by atoms with E-state index in [-0.39, 0.29) is 24.8 Å². The minimum atomic E-state index is 0. The van der Waals surface area contributed by atoms with Gasteiger partial charge in [0, 0.05) is 29.7 Å². The van der Waals surface area contributed by atoms with Crippen LogP contribution < -0.4 is 10.1 Å². The number of halogens is 3. The number of ether oxygens (including phenoxy) is 1. The zero-order chi connectivity index (χ0) is 18.4. The second-order valence-corrected chi connectivity index (χ2v) is 6.64. The summed E-state index contributed by atoms with van der Waals surface area (Å²) in [4.78, 5) is 7.19. The lowest BCUT2D eigenvalue weighted by atomic mass is 10.1. The van der Waals surface area contributed by atoms with E-state index in [1.807, 2.05) is 24.3 Å². The van der Waals surface area contributed by atoms with Crippen molar-refractivity contribution in [2.24, 2.45) is 0 Å². The van der Waals surface area contributed by atoms with Crippen molar-refractivity contribution in [2.45, 2.75) is 13.3 Å². The number of nitrogens with one attached hydrogen (secondary N) is 1. The SMILES string of the molecule is CCN(CCCl)CCCNc1c2ccccc2nc2c(OC)cccc12.Cl.Cl. The number of anilines is 1. The van der Waals surface area contributed by atoms with Crippen molar-refractivity contribution < 1.29 is 4.74 Å². The van der Waals surface area contributed by atoms with Gasteiger partial charge in [0.2, 0.25) is 0 Å². The van der Waals surface area contributed by atoms with Gasteiger partial charge in [0.1, 0.15) is 11.3 Å². The van der Waals surface area contributed by atoms with Gasteiger partial charge in [-0.15, -0.1) is 36.4 Å². The molecule has 0 spiro atoms. The summed E-state index contributed by atoms with van der Waals surface area (Å²) < 4.78 is 5.52. The molecule has 0 amide bonds. The van der Waals surface area contributed by atoms with E-state index in [4.69, 9.17) is 21.3 Å². The average Bonchev–Trinajstić information content (AvgIpc) is 2.69. The van der Waals surface area contributed by atoms with Crippen molar-refractivity contribution in [3.8, 4) is 5.75 Å². The van der Waals surface area contributed by atoms with Crippen LogP contribution in [0, 0.1) is 0 Å². The van der Waals surface area contributed by atoms with Crippen LogP contribution in [0.25, 0.3) is 21.8 Å². The molecule has 7 heteroatoms. The van der Waals surface area contributed by atoms with E-state index in [1.54, 1.807) is 7.11 Å². The van der Waals surface area contributed by atoms with Gasteiger partial charge in [-0.2, -0.15) is 0 Å². The number of para-hydroxylation sites is 2. The van der Waals surface area contributed by atoms with Crippen LogP contribution in [0.4, 0.5) is 5.69 Å². The Bertz CT molecular complexity index is 876. The van der Waals surface area contributed by atoms with Crippen molar-refractivity contribution in [3.63, 3.8) is 0 Å². The molecule has 1 heterocycles. The molecule has 0 fully saturated rings. The number of pyridine rings is 1. The van der Waals surface area contributed by atoms with Crippen LogP contribution in [0.2, 0.25) is 0 Å². The summed E-state index contributed by atoms with van der Waals surface area (Å²) in [6, 6.07) is 14.3. The molecule has 1 aromatic heterocycles. The molecule has 154 valence electrons. The standard InChI is InChI=1S/C21H26ClN3O.2ClH/c1-3-25(15-12-22)14-7-13-23-20-16-8-4-5-10-18(16)24-21-17(20)9-6-11-19(21)26-2;;/h4-6,8-11H,3,7,12-15H2,1-2H3,(H,23,24);2*1H. The molecule has 0 saturated carbocycles. The number of hydrogen-bond acceptors (Lipinski definition) is 4. The van der Waals surface area contributed by atoms with E-state index in [2.05, 4.69) is 35.3 Å². The van der Waals surface area contributed by atoms with Crippen molar-refractivity contribution >= 4 is 63.9 Å². The first-order chi connectivity index (χ1) is 12.8. The molecule has 0 aliphatic carbocycles. The Morgan fingerprint density at radius 2 is 1.79 bits per heavy atom. The lowest BCUT2D eigenvalue weighted by Crippen LogP contribution is -2.27. The maximum Gasteiger partial charge on any atom is 0.145 e. The van der Waals surface area contributed by atoms with Crippen molar-refractivity contribution in [2.75, 3.05) is 44.5 Å². The van der Waals surface area contributed by atoms with Crippen molar-refractivity contribution in [1.29, 1.82) is 0 Å². The van der Waals surface area contributed by atoms with Crippen LogP contribution >= 0.6 is 36.4 Å². The van der Waals surface area contributed by atoms with Crippen molar-refractivity contribution in [3.05, 3.63) is 42.5 Å². The third-order valence-electron chi connectivity index (χ3n) is 4.69. The van der Waals surface area contributed by atoms with Crippen LogP contribution in [-0.2, 0) is 0 Å². The second-order valence-electron chi connectivity index (χ2n) is 6.26. The fourth-order valence-corrected chi connectivity index (χ4v) is 3.55. The van der Waals surface area contributed by atoms with E-state index in [0.717, 1.165) is 65.8 Å². The van der Waals surface area contributed by atoms with Crippen LogP contribution in [-0.4, -0.2) is 49.1 Å². The number of hydrogen-bond donors (Lipinski definition) is 1. The van der Waals surface area contributed by atoms with Gasteiger partial charge in [-0.05, 0) is 31.6 Å². The molecule has 0 atom stereocenters. The van der Waals surface area contributed by atoms with E-state index in [0.29, 0.717) is 5.88 Å². The van der Waals surface area contributed by atoms with E-state index in [9.17, 15) is 0 Å². The third kappa shape index (κ3) is 5.54. The molecular formula is C21H28Cl3N3O. The normalized spacial score (nSPS) is 10.6. The van der Waals surface area contributed by atoms with Gasteiger partial charge in [0.05, 0.1) is 18.3 Å². The average molecular weight is 445 g/mol. The quantitative estimate of drug-likeness (QED) is 0.265. The molecule has 2 aromatic carbocycles. The first kappa shape index (κ1) is 24.6. The van der Waals surface area contributed by atoms with Crippen LogP contribution in [0.5, 0.6) is 5.75 Å². The Morgan fingerprint density at radius 1 is 1.04 bits per heavy atom. The number of alkyl halides is 1. The highest BCUT2D eigenvalue weighted by molar-refractivity contribution is 6.18. The summed E-state index contributed by atoms with van der Waals surface area (Å²) in [5.74, 6) is 1.48. The van der Waals surface area contributed by atoms with Gasteiger partial charge >= 0.3 is 0 Å². The van der Waals surface area contributed by atoms with Crippen molar-refractivity contribution in [1.82, 2.24) is 9.88 Å². The summed E-state index contributed by atoms with van der Waals surface area (Å²) in [6.07, 6.45) is 1.06. The zero-order valence-electron chi connectivity index (χ0n) is 16.3. The molecule has 0 bridgehead atoms. The largest absolute Gasteiger partial charge is 0.494 e. The molecular weight excluding hydrogens is 417 g/mol. The fraction of sp³-hybridized carbons (Fsp3) is 0.381. The Hall–Kier alpha value is -1.46. The maximum atomic E-state index is 5.87. The number of methoxy groups -OCH3 is 1. The van der Waals surface area contributed by atoms with E-state index in [1.165, 1.54) is 0 Å². The third-order valence-corrected chi connectivity index (χ3v) is 4.86. The molecule has 3 aromatic rings. The Balaban J connectivity index is 0.00000196. The predicted octanol–water partition coefficient (Wildman–Crippen LogP) is 5.60. The molecule has 0 saturated heterocycles. The highest BCUT2D eigenvalue weighted by Gasteiger charge is 2.12. The monoisotopic (exact) mass is 443 g/mol. The first-order valence-corrected chi connectivity index (χ1v) is 9.69. The van der Waals surface area contributed by atoms with Crippen LogP contribution in [0.15, 0.2) is 42.5 Å². The van der Waals surface area contributed by atoms with Crippen LogP contribution in [0.1, 0.15) is 13.3 Å². The summed E-state index contributed by atoms with van der Waals surface area (Å²) in [6.45, 7) is 6.09. The Kier molecular flexibility index (Phi) is 10.7. The van der Waals surface area contributed by atoms with Gasteiger partial charge < -0.3 is 15.0 Å². The number of rotatable bonds is 9. The van der Waals surface area contributed by atoms with Crippen LogP contribution in [0.3, 0.4) is 0 Å². The summed E-state index contributed by atoms with van der Waals surface area (Å²) in [5.41, 5.74) is 3.00. The topological polar surface area (TPSA) is 37.4 Å². The number of nitrogens with zero attached hydrogens (tertiary/aromatic N) is 2. The molecule has 4 nitrogen and oxygen atoms in total. The Labute approximate surface area is 184 Å². The van der Waals surface area contributed by atoms with Gasteiger partial charge in [0.25, 0.3) is 0 Å². The molecule has 0 radical (unpaired) electrons. The van der Waals surface area contributed by atoms with Gasteiger partial charge in [0.15, 0.2) is 0 Å². The number of benzene rings is 2. The Morgan fingerprint density at radius 3 is 2.50 bits per heavy atom. The minimum Gasteiger partial charge on any atom is -0.494 e. The van der Waals surface area contributed by atoms with E-state index < -0.39 is 0 Å². The second kappa shape index (κ2) is 12.2. The number of aromatic nitrogens is 1. The van der Waals surface area contributed by atoms with Gasteiger partial charge in [-0.1, -0.05) is 37.3 Å². The molecule has 3 rings (SSSR count). The zero-order valence-corrected chi connectivity index (χ0v) is 18.7. The number of fused-ring (bicyclic) bond motifs is 2. The van der Waals surface area contributed by atoms with Gasteiger partial charge in [-0.25, -0.2) is 4.98 Å². The predicted molar refractivity (Wildman–Crippen MR) is 126 cm³/mol. The van der Waals surface area contributed by atoms with Gasteiger partial charge in [-0.3, -0.25) is 0 Å². The lowest BCUT2D eigenvalue weighted by Gasteiger charge is -2.19. The fourth-order valence-electron chi connectivity index (χ4n) is 3.31. The molecule has 0 unspecified atom stereocenters. The smallest absolute Gasteiger partial charge is 0.145 e. The summed E-state index contributed by atoms with van der Waals surface area (Å²) >= 11 is 5.87. The first-order valence-electron chi connectivity index (χ1n) is 9.16. The lowest BCUT2D eigenvalue weighted by molar-refractivity contribution is 0.304.